The number of H-pyrrole nitrogens is 1. The number of nitrogens with zero attached hydrogens (tertiary/aromatic N) is 3. The molecule has 0 unspecified atom stereocenters. The van der Waals surface area contributed by atoms with Gasteiger partial charge in [0.1, 0.15) is 0 Å². The molecule has 2 aromatic rings. The van der Waals surface area contributed by atoms with Crippen molar-refractivity contribution in [2.24, 2.45) is 0 Å². The Balaban J connectivity index is 2.08. The van der Waals surface area contributed by atoms with Gasteiger partial charge in [0.05, 0.1) is 5.25 Å². The summed E-state index contributed by atoms with van der Waals surface area (Å²) < 4.78 is 1.58. The number of hydrogen-bond donors (Lipinski definition) is 1. The van der Waals surface area contributed by atoms with Crippen molar-refractivity contribution >= 4 is 17.7 Å². The highest BCUT2D eigenvalue weighted by Crippen LogP contribution is 2.21. The van der Waals surface area contributed by atoms with Crippen LogP contribution in [0.15, 0.2) is 40.3 Å². The second kappa shape index (κ2) is 7.31. The maximum Gasteiger partial charge on any atom is 0.343 e. The number of thioether (sulfide) groups is 1. The molecule has 0 saturated carbocycles. The molecule has 0 spiro atoms. The van der Waals surface area contributed by atoms with Crippen molar-refractivity contribution in [3.63, 3.8) is 0 Å². The van der Waals surface area contributed by atoms with E-state index in [0.717, 1.165) is 12.0 Å². The highest BCUT2D eigenvalue weighted by molar-refractivity contribution is 8.00. The Morgan fingerprint density at radius 2 is 2.05 bits per heavy atom. The number of carbonyl (C=O) groups is 1. The molecule has 1 atom stereocenters. The molecule has 6 nitrogen and oxygen atoms in total. The minimum absolute atomic E-state index is 0.00458. The average Bonchev–Trinajstić information content (AvgIpc) is 2.85. The summed E-state index contributed by atoms with van der Waals surface area (Å²) in [5.74, 6) is -0.00458. The summed E-state index contributed by atoms with van der Waals surface area (Å²) in [7, 11) is 3.43. The van der Waals surface area contributed by atoms with Gasteiger partial charge in [0.2, 0.25) is 5.91 Å². The smallest absolute Gasteiger partial charge is 0.343 e. The lowest BCUT2D eigenvalue weighted by atomic mass is 10.1. The highest BCUT2D eigenvalue weighted by Gasteiger charge is 2.20. The SMILES string of the molecule is C[C@@H](Sc1n[nH]c(=O)n1CCc1ccccc1)C(=O)N(C)C. The van der Waals surface area contributed by atoms with Gasteiger partial charge in [-0.2, -0.15) is 0 Å². The fourth-order valence-electron chi connectivity index (χ4n) is 2.05. The van der Waals surface area contributed by atoms with Crippen LogP contribution in [0.5, 0.6) is 0 Å². The molecule has 1 heterocycles. The monoisotopic (exact) mass is 320 g/mol. The van der Waals surface area contributed by atoms with E-state index in [4.69, 9.17) is 0 Å². The zero-order chi connectivity index (χ0) is 16.1. The Hall–Kier alpha value is -2.02. The molecule has 0 bridgehead atoms. The molecule has 2 rings (SSSR count). The summed E-state index contributed by atoms with van der Waals surface area (Å²) in [6.07, 6.45) is 0.740. The van der Waals surface area contributed by atoms with Crippen LogP contribution in [0.2, 0.25) is 0 Å². The Labute approximate surface area is 133 Å². The van der Waals surface area contributed by atoms with Gasteiger partial charge in [0.25, 0.3) is 0 Å². The van der Waals surface area contributed by atoms with Crippen molar-refractivity contribution in [3.05, 3.63) is 46.4 Å². The van der Waals surface area contributed by atoms with E-state index in [1.807, 2.05) is 37.3 Å². The Kier molecular flexibility index (Phi) is 5.43. The molecular weight excluding hydrogens is 300 g/mol. The molecule has 1 aromatic carbocycles. The van der Waals surface area contributed by atoms with Crippen molar-refractivity contribution in [3.8, 4) is 0 Å². The van der Waals surface area contributed by atoms with E-state index in [9.17, 15) is 9.59 Å². The second-order valence-electron chi connectivity index (χ2n) is 5.19. The minimum Gasteiger partial charge on any atom is -0.348 e. The molecular formula is C15H20N4O2S. The van der Waals surface area contributed by atoms with E-state index in [1.54, 1.807) is 18.7 Å². The lowest BCUT2D eigenvalue weighted by Crippen LogP contribution is -2.30. The van der Waals surface area contributed by atoms with Crippen molar-refractivity contribution < 1.29 is 4.79 Å². The van der Waals surface area contributed by atoms with Gasteiger partial charge in [-0.05, 0) is 18.9 Å². The van der Waals surface area contributed by atoms with Crippen molar-refractivity contribution in [1.82, 2.24) is 19.7 Å². The average molecular weight is 320 g/mol. The molecule has 1 aromatic heterocycles. The number of aryl methyl sites for hydroxylation is 1. The fraction of sp³-hybridized carbons (Fsp3) is 0.400. The van der Waals surface area contributed by atoms with E-state index in [1.165, 1.54) is 16.7 Å². The van der Waals surface area contributed by atoms with Crippen molar-refractivity contribution in [1.29, 1.82) is 0 Å². The molecule has 1 N–H and O–H groups in total. The third-order valence-corrected chi connectivity index (χ3v) is 4.34. The first kappa shape index (κ1) is 16.4. The van der Waals surface area contributed by atoms with Crippen LogP contribution in [0, 0.1) is 0 Å². The standard InChI is InChI=1S/C15H20N4O2S/c1-11(13(20)18(2)3)22-15-17-16-14(21)19(15)10-9-12-7-5-4-6-8-12/h4-8,11H,9-10H2,1-3H3,(H,16,21)/t11-/m1/s1. The van der Waals surface area contributed by atoms with Crippen LogP contribution >= 0.6 is 11.8 Å². The predicted molar refractivity (Wildman–Crippen MR) is 87.0 cm³/mol. The molecule has 0 aliphatic heterocycles. The Morgan fingerprint density at radius 1 is 1.36 bits per heavy atom. The summed E-state index contributed by atoms with van der Waals surface area (Å²) in [6.45, 7) is 2.35. The van der Waals surface area contributed by atoms with Gasteiger partial charge >= 0.3 is 5.69 Å². The van der Waals surface area contributed by atoms with E-state index < -0.39 is 0 Å². The van der Waals surface area contributed by atoms with Gasteiger partial charge in [0, 0.05) is 20.6 Å². The molecule has 0 aliphatic carbocycles. The van der Waals surface area contributed by atoms with E-state index in [-0.39, 0.29) is 16.8 Å². The molecule has 118 valence electrons. The first-order valence-corrected chi connectivity index (χ1v) is 7.94. The van der Waals surface area contributed by atoms with Crippen molar-refractivity contribution in [2.75, 3.05) is 14.1 Å². The van der Waals surface area contributed by atoms with Crippen LogP contribution in [-0.2, 0) is 17.8 Å². The Bertz CT molecular complexity index is 678. The predicted octanol–water partition coefficient (Wildman–Crippen LogP) is 1.38. The lowest BCUT2D eigenvalue weighted by Gasteiger charge is -2.16. The molecule has 0 saturated heterocycles. The number of nitrogens with one attached hydrogen (secondary N) is 1. The van der Waals surface area contributed by atoms with E-state index in [2.05, 4.69) is 10.2 Å². The molecule has 0 fully saturated rings. The summed E-state index contributed by atoms with van der Waals surface area (Å²) in [5.41, 5.74) is 0.909. The van der Waals surface area contributed by atoms with E-state index in [0.29, 0.717) is 11.7 Å². The van der Waals surface area contributed by atoms with Crippen LogP contribution in [0.1, 0.15) is 12.5 Å². The van der Waals surface area contributed by atoms with Crippen LogP contribution in [0.25, 0.3) is 0 Å². The second-order valence-corrected chi connectivity index (χ2v) is 6.50. The van der Waals surface area contributed by atoms with Gasteiger partial charge in [-0.1, -0.05) is 42.1 Å². The number of rotatable bonds is 6. The van der Waals surface area contributed by atoms with Gasteiger partial charge < -0.3 is 4.90 Å². The van der Waals surface area contributed by atoms with Crippen molar-refractivity contribution in [2.45, 2.75) is 30.3 Å². The number of hydrogen-bond acceptors (Lipinski definition) is 4. The number of aromatic nitrogens is 3. The molecule has 0 radical (unpaired) electrons. The van der Waals surface area contributed by atoms with Crippen LogP contribution in [0.4, 0.5) is 0 Å². The largest absolute Gasteiger partial charge is 0.348 e. The zero-order valence-corrected chi connectivity index (χ0v) is 13.8. The lowest BCUT2D eigenvalue weighted by molar-refractivity contribution is -0.127. The van der Waals surface area contributed by atoms with Gasteiger partial charge in [0.15, 0.2) is 5.16 Å². The quantitative estimate of drug-likeness (QED) is 0.816. The molecule has 1 amide bonds. The minimum atomic E-state index is -0.291. The van der Waals surface area contributed by atoms with E-state index >= 15 is 0 Å². The first-order valence-electron chi connectivity index (χ1n) is 7.06. The fourth-order valence-corrected chi connectivity index (χ4v) is 3.08. The zero-order valence-electron chi connectivity index (χ0n) is 12.9. The maximum absolute atomic E-state index is 11.9. The van der Waals surface area contributed by atoms with Gasteiger partial charge in [-0.3, -0.25) is 9.36 Å². The van der Waals surface area contributed by atoms with Crippen LogP contribution < -0.4 is 5.69 Å². The normalized spacial score (nSPS) is 12.1. The van der Waals surface area contributed by atoms with Gasteiger partial charge in [-0.25, -0.2) is 9.89 Å². The Morgan fingerprint density at radius 3 is 2.68 bits per heavy atom. The number of amides is 1. The number of aromatic amines is 1. The summed E-state index contributed by atoms with van der Waals surface area (Å²) >= 11 is 1.29. The first-order chi connectivity index (χ1) is 10.5. The number of carbonyl (C=O) groups excluding carboxylic acids is 1. The summed E-state index contributed by atoms with van der Waals surface area (Å²) in [5, 5.41) is 6.74. The molecule has 7 heteroatoms. The number of benzene rings is 1. The summed E-state index contributed by atoms with van der Waals surface area (Å²) in [4.78, 5) is 25.3. The van der Waals surface area contributed by atoms with Crippen LogP contribution in [0.3, 0.4) is 0 Å². The third-order valence-electron chi connectivity index (χ3n) is 3.26. The maximum atomic E-state index is 11.9. The molecule has 22 heavy (non-hydrogen) atoms. The molecule has 0 aliphatic rings. The van der Waals surface area contributed by atoms with Crippen LogP contribution in [-0.4, -0.2) is 44.9 Å². The topological polar surface area (TPSA) is 71.0 Å². The summed E-state index contributed by atoms with van der Waals surface area (Å²) in [6, 6.07) is 9.96. The van der Waals surface area contributed by atoms with Gasteiger partial charge in [-0.15, -0.1) is 5.10 Å². The third kappa shape index (κ3) is 4.00. The highest BCUT2D eigenvalue weighted by atomic mass is 32.2.